The van der Waals surface area contributed by atoms with Crippen LogP contribution in [-0.4, -0.2) is 24.3 Å². The lowest BCUT2D eigenvalue weighted by Crippen LogP contribution is -2.39. The number of hydrogen-bond acceptors (Lipinski definition) is 3. The van der Waals surface area contributed by atoms with E-state index in [4.69, 9.17) is 4.74 Å². The van der Waals surface area contributed by atoms with Gasteiger partial charge >= 0.3 is 12.1 Å². The number of nitrogens with zero attached hydrogens (tertiary/aromatic N) is 1. The summed E-state index contributed by atoms with van der Waals surface area (Å²) in [5.74, 6) is 0. The zero-order chi connectivity index (χ0) is 20.1. The highest BCUT2D eigenvalue weighted by molar-refractivity contribution is 5.92. The summed E-state index contributed by atoms with van der Waals surface area (Å²) < 4.78 is 5.51. The molecule has 0 fully saturated rings. The van der Waals surface area contributed by atoms with E-state index in [2.05, 4.69) is 10.6 Å². The second kappa shape index (κ2) is 8.33. The van der Waals surface area contributed by atoms with Gasteiger partial charge < -0.3 is 15.4 Å². The van der Waals surface area contributed by atoms with Crippen LogP contribution in [-0.2, 0) is 17.7 Å². The van der Waals surface area contributed by atoms with Crippen LogP contribution in [0.15, 0.2) is 48.5 Å². The zero-order valence-electron chi connectivity index (χ0n) is 16.6. The van der Waals surface area contributed by atoms with Gasteiger partial charge in [-0.2, -0.15) is 0 Å². The smallest absolute Gasteiger partial charge is 0.414 e. The molecule has 1 aliphatic heterocycles. The number of benzene rings is 2. The number of ether oxygens (including phenoxy) is 1. The minimum absolute atomic E-state index is 0.261. The zero-order valence-corrected chi connectivity index (χ0v) is 16.6. The van der Waals surface area contributed by atoms with Crippen molar-refractivity contribution < 1.29 is 14.3 Å². The van der Waals surface area contributed by atoms with Crippen molar-refractivity contribution in [2.45, 2.75) is 45.8 Å². The van der Waals surface area contributed by atoms with Gasteiger partial charge in [0.05, 0.1) is 5.69 Å². The van der Waals surface area contributed by atoms with Gasteiger partial charge in [0.2, 0.25) is 0 Å². The number of nitrogens with one attached hydrogen (secondary N) is 2. The highest BCUT2D eigenvalue weighted by Gasteiger charge is 2.27. The van der Waals surface area contributed by atoms with E-state index in [1.54, 1.807) is 4.90 Å². The summed E-state index contributed by atoms with van der Waals surface area (Å²) in [6.45, 7) is 6.67. The third kappa shape index (κ3) is 5.25. The largest absolute Gasteiger partial charge is 0.443 e. The molecule has 1 heterocycles. The number of carbonyl (C=O) groups excluding carboxylic acids is 2. The van der Waals surface area contributed by atoms with Crippen LogP contribution in [0.4, 0.5) is 21.0 Å². The van der Waals surface area contributed by atoms with Crippen LogP contribution in [0, 0.1) is 0 Å². The second-order valence-electron chi connectivity index (χ2n) is 7.87. The molecule has 2 N–H and O–H groups in total. The number of aryl methyl sites for hydroxylation is 1. The van der Waals surface area contributed by atoms with Gasteiger partial charge in [-0.05, 0) is 62.9 Å². The van der Waals surface area contributed by atoms with Gasteiger partial charge in [0, 0.05) is 18.8 Å². The van der Waals surface area contributed by atoms with Gasteiger partial charge in [0.1, 0.15) is 5.60 Å². The standard InChI is InChI=1S/C22H27N3O3/c1-22(2,3)28-21(27)25-13-7-10-17-14-18(11-12-19(17)25)24-20(26)23-15-16-8-5-4-6-9-16/h4-6,8-9,11-12,14H,7,10,13,15H2,1-3H3,(H2,23,24,26). The van der Waals surface area contributed by atoms with Crippen molar-refractivity contribution in [3.05, 3.63) is 59.7 Å². The average molecular weight is 381 g/mol. The molecule has 6 heteroatoms. The maximum atomic E-state index is 12.5. The maximum Gasteiger partial charge on any atom is 0.414 e. The molecule has 28 heavy (non-hydrogen) atoms. The fraction of sp³-hybridized carbons (Fsp3) is 0.364. The molecule has 3 amide bonds. The van der Waals surface area contributed by atoms with Gasteiger partial charge in [0.25, 0.3) is 0 Å². The van der Waals surface area contributed by atoms with E-state index in [1.807, 2.05) is 69.3 Å². The van der Waals surface area contributed by atoms with E-state index in [9.17, 15) is 9.59 Å². The van der Waals surface area contributed by atoms with Crippen molar-refractivity contribution >= 4 is 23.5 Å². The number of hydrogen-bond donors (Lipinski definition) is 2. The molecule has 1 aliphatic rings. The van der Waals surface area contributed by atoms with E-state index in [-0.39, 0.29) is 12.1 Å². The molecule has 0 spiro atoms. The molecule has 0 saturated heterocycles. The molecule has 6 nitrogen and oxygen atoms in total. The van der Waals surface area contributed by atoms with Crippen LogP contribution in [0.5, 0.6) is 0 Å². The number of carbonyl (C=O) groups is 2. The summed E-state index contributed by atoms with van der Waals surface area (Å²) >= 11 is 0. The second-order valence-corrected chi connectivity index (χ2v) is 7.87. The highest BCUT2D eigenvalue weighted by Crippen LogP contribution is 2.31. The topological polar surface area (TPSA) is 70.7 Å². The fourth-order valence-corrected chi connectivity index (χ4v) is 3.14. The lowest BCUT2D eigenvalue weighted by Gasteiger charge is -2.32. The quantitative estimate of drug-likeness (QED) is 0.810. The first-order chi connectivity index (χ1) is 13.3. The summed E-state index contributed by atoms with van der Waals surface area (Å²) in [6, 6.07) is 15.1. The summed E-state index contributed by atoms with van der Waals surface area (Å²) in [7, 11) is 0. The Morgan fingerprint density at radius 3 is 2.57 bits per heavy atom. The molecule has 0 unspecified atom stereocenters. The lowest BCUT2D eigenvalue weighted by atomic mass is 10.0. The van der Waals surface area contributed by atoms with Gasteiger partial charge in [-0.25, -0.2) is 9.59 Å². The van der Waals surface area contributed by atoms with E-state index < -0.39 is 5.60 Å². The first-order valence-electron chi connectivity index (χ1n) is 9.54. The average Bonchev–Trinajstić information content (AvgIpc) is 2.65. The Hall–Kier alpha value is -3.02. The number of urea groups is 1. The molecule has 3 rings (SSSR count). The molecular formula is C22H27N3O3. The Kier molecular flexibility index (Phi) is 5.87. The van der Waals surface area contributed by atoms with Crippen LogP contribution < -0.4 is 15.5 Å². The molecular weight excluding hydrogens is 354 g/mol. The monoisotopic (exact) mass is 381 g/mol. The molecule has 0 aromatic heterocycles. The van der Waals surface area contributed by atoms with Crippen molar-refractivity contribution in [3.63, 3.8) is 0 Å². The number of anilines is 2. The van der Waals surface area contributed by atoms with Crippen LogP contribution in [0.3, 0.4) is 0 Å². The van der Waals surface area contributed by atoms with Crippen molar-refractivity contribution in [3.8, 4) is 0 Å². The molecule has 0 atom stereocenters. The molecule has 0 radical (unpaired) electrons. The van der Waals surface area contributed by atoms with Crippen molar-refractivity contribution in [2.24, 2.45) is 0 Å². The van der Waals surface area contributed by atoms with Crippen molar-refractivity contribution in [1.29, 1.82) is 0 Å². The normalized spacial score (nSPS) is 13.5. The summed E-state index contributed by atoms with van der Waals surface area (Å²) in [4.78, 5) is 26.3. The van der Waals surface area contributed by atoms with Gasteiger partial charge in [-0.3, -0.25) is 4.90 Å². The first-order valence-corrected chi connectivity index (χ1v) is 9.54. The van der Waals surface area contributed by atoms with Crippen LogP contribution in [0.2, 0.25) is 0 Å². The van der Waals surface area contributed by atoms with E-state index in [0.29, 0.717) is 18.8 Å². The molecule has 2 aromatic rings. The van der Waals surface area contributed by atoms with Crippen LogP contribution in [0.25, 0.3) is 0 Å². The van der Waals surface area contributed by atoms with Gasteiger partial charge in [-0.15, -0.1) is 0 Å². The number of amides is 3. The molecule has 0 aliphatic carbocycles. The molecule has 0 saturated carbocycles. The van der Waals surface area contributed by atoms with Crippen LogP contribution >= 0.6 is 0 Å². The fourth-order valence-electron chi connectivity index (χ4n) is 3.14. The Morgan fingerprint density at radius 1 is 1.11 bits per heavy atom. The first kappa shape index (κ1) is 19.7. The van der Waals surface area contributed by atoms with Crippen molar-refractivity contribution in [2.75, 3.05) is 16.8 Å². The number of fused-ring (bicyclic) bond motifs is 1. The molecule has 148 valence electrons. The van der Waals surface area contributed by atoms with Crippen molar-refractivity contribution in [1.82, 2.24) is 5.32 Å². The number of rotatable bonds is 3. The maximum absolute atomic E-state index is 12.5. The predicted molar refractivity (Wildman–Crippen MR) is 111 cm³/mol. The third-order valence-corrected chi connectivity index (χ3v) is 4.37. The molecule has 0 bridgehead atoms. The van der Waals surface area contributed by atoms with Gasteiger partial charge in [-0.1, -0.05) is 30.3 Å². The minimum Gasteiger partial charge on any atom is -0.443 e. The van der Waals surface area contributed by atoms with Gasteiger partial charge in [0.15, 0.2) is 0 Å². The summed E-state index contributed by atoms with van der Waals surface area (Å²) in [5.41, 5.74) is 3.08. The van der Waals surface area contributed by atoms with E-state index in [1.165, 1.54) is 0 Å². The summed E-state index contributed by atoms with van der Waals surface area (Å²) in [5, 5.41) is 5.71. The lowest BCUT2D eigenvalue weighted by molar-refractivity contribution is 0.0578. The van der Waals surface area contributed by atoms with Crippen LogP contribution in [0.1, 0.15) is 38.3 Å². The SMILES string of the molecule is CC(C)(C)OC(=O)N1CCCc2cc(NC(=O)NCc3ccccc3)ccc21. The van der Waals surface area contributed by atoms with E-state index >= 15 is 0 Å². The van der Waals surface area contributed by atoms with E-state index in [0.717, 1.165) is 29.7 Å². The Morgan fingerprint density at radius 2 is 1.86 bits per heavy atom. The summed E-state index contributed by atoms with van der Waals surface area (Å²) in [6.07, 6.45) is 1.38. The third-order valence-electron chi connectivity index (χ3n) is 4.37. The Balaban J connectivity index is 1.64. The minimum atomic E-state index is -0.535. The molecule has 2 aromatic carbocycles. The predicted octanol–water partition coefficient (Wildman–Crippen LogP) is 4.70. The Bertz CT molecular complexity index is 844. The Labute approximate surface area is 165 Å². The highest BCUT2D eigenvalue weighted by atomic mass is 16.6.